The van der Waals surface area contributed by atoms with E-state index in [1.165, 1.54) is 5.56 Å². The van der Waals surface area contributed by atoms with Crippen LogP contribution in [0.4, 0.5) is 0 Å². The Morgan fingerprint density at radius 2 is 1.79 bits per heavy atom. The van der Waals surface area contributed by atoms with Crippen LogP contribution in [0.1, 0.15) is 39.9 Å². The molecule has 2 aromatic carbocycles. The Labute approximate surface area is 195 Å². The summed E-state index contributed by atoms with van der Waals surface area (Å²) in [4.78, 5) is 30.4. The molecule has 172 valence electrons. The lowest BCUT2D eigenvalue weighted by Gasteiger charge is -2.24. The van der Waals surface area contributed by atoms with E-state index in [4.69, 9.17) is 4.52 Å². The molecule has 1 aliphatic rings. The minimum absolute atomic E-state index is 0.102. The number of rotatable bonds is 5. The van der Waals surface area contributed by atoms with E-state index in [1.54, 1.807) is 18.7 Å². The van der Waals surface area contributed by atoms with Crippen LogP contribution in [0.25, 0.3) is 11.1 Å². The van der Waals surface area contributed by atoms with Crippen molar-refractivity contribution in [2.45, 2.75) is 34.1 Å². The zero-order chi connectivity index (χ0) is 23.5. The van der Waals surface area contributed by atoms with Crippen molar-refractivity contribution < 1.29 is 14.1 Å². The van der Waals surface area contributed by atoms with Gasteiger partial charge in [0.05, 0.1) is 11.6 Å². The molecule has 0 aliphatic carbocycles. The summed E-state index contributed by atoms with van der Waals surface area (Å²) in [5.74, 6) is 0.184. The Morgan fingerprint density at radius 1 is 1.06 bits per heavy atom. The number of aryl methyl sites for hydroxylation is 3. The molecule has 1 atom stereocenters. The number of carbonyl (C=O) groups excluding carboxylic acids is 2. The Balaban J connectivity index is 1.65. The second-order valence-electron chi connectivity index (χ2n) is 8.79. The molecule has 33 heavy (non-hydrogen) atoms. The van der Waals surface area contributed by atoms with Gasteiger partial charge in [0.2, 0.25) is 5.91 Å². The Hall–Kier alpha value is -3.41. The first-order valence-corrected chi connectivity index (χ1v) is 11.5. The van der Waals surface area contributed by atoms with Crippen LogP contribution in [0.5, 0.6) is 0 Å². The third-order valence-corrected chi connectivity index (χ3v) is 6.50. The number of aromatic nitrogens is 1. The van der Waals surface area contributed by atoms with Crippen LogP contribution in [0.3, 0.4) is 0 Å². The topological polar surface area (TPSA) is 66.7 Å². The number of carbonyl (C=O) groups is 2. The zero-order valence-electron chi connectivity index (χ0n) is 19.8. The minimum Gasteiger partial charge on any atom is -0.361 e. The molecule has 6 nitrogen and oxygen atoms in total. The lowest BCUT2D eigenvalue weighted by atomic mass is 9.91. The summed E-state index contributed by atoms with van der Waals surface area (Å²) in [6.07, 6.45) is 0.574. The lowest BCUT2D eigenvalue weighted by molar-refractivity contribution is -0.134. The van der Waals surface area contributed by atoms with Crippen molar-refractivity contribution in [3.05, 3.63) is 76.7 Å². The van der Waals surface area contributed by atoms with Crippen LogP contribution in [0.2, 0.25) is 0 Å². The first-order chi connectivity index (χ1) is 15.9. The maximum Gasteiger partial charge on any atom is 0.259 e. The van der Waals surface area contributed by atoms with Crippen molar-refractivity contribution in [1.82, 2.24) is 15.0 Å². The number of amides is 2. The van der Waals surface area contributed by atoms with Gasteiger partial charge in [0.15, 0.2) is 0 Å². The van der Waals surface area contributed by atoms with Gasteiger partial charge in [-0.05, 0) is 50.8 Å². The molecule has 6 heteroatoms. The van der Waals surface area contributed by atoms with Crippen LogP contribution < -0.4 is 0 Å². The third kappa shape index (κ3) is 4.70. The number of benzene rings is 2. The average molecular weight is 446 g/mol. The van der Waals surface area contributed by atoms with Crippen LogP contribution in [0, 0.1) is 26.7 Å². The van der Waals surface area contributed by atoms with E-state index in [1.807, 2.05) is 24.0 Å². The van der Waals surface area contributed by atoms with Crippen LogP contribution in [0.15, 0.2) is 53.1 Å². The van der Waals surface area contributed by atoms with Crippen molar-refractivity contribution in [3.8, 4) is 11.1 Å². The maximum atomic E-state index is 13.4. The SMILES string of the molecule is CCN1CCN(C(=O)c2c(C)noc2C)C[C@H](Cc2ccccc2-c2ccc(C)cc2)C1=O. The highest BCUT2D eigenvalue weighted by atomic mass is 16.5. The second kappa shape index (κ2) is 9.61. The highest BCUT2D eigenvalue weighted by molar-refractivity contribution is 5.96. The molecule has 0 unspecified atom stereocenters. The van der Waals surface area contributed by atoms with E-state index in [-0.39, 0.29) is 17.7 Å². The van der Waals surface area contributed by atoms with E-state index in [0.29, 0.717) is 49.6 Å². The van der Waals surface area contributed by atoms with Gasteiger partial charge >= 0.3 is 0 Å². The Bertz CT molecular complexity index is 1130. The molecule has 0 saturated carbocycles. The standard InChI is InChI=1S/C27H31N3O3/c1-5-29-14-15-30(27(32)25-19(3)28-33-20(25)4)17-23(26(29)31)16-22-8-6-7-9-24(22)21-12-10-18(2)11-13-21/h6-13,23H,5,14-17H2,1-4H3/t23-/m0/s1. The summed E-state index contributed by atoms with van der Waals surface area (Å²) in [5.41, 5.74) is 5.67. The minimum atomic E-state index is -0.316. The molecule has 1 fully saturated rings. The molecular formula is C27H31N3O3. The number of hydrogen-bond donors (Lipinski definition) is 0. The predicted octanol–water partition coefficient (Wildman–Crippen LogP) is 4.43. The Kier molecular flexibility index (Phi) is 6.63. The molecule has 1 aliphatic heterocycles. The molecule has 0 spiro atoms. The van der Waals surface area contributed by atoms with E-state index >= 15 is 0 Å². The van der Waals surface area contributed by atoms with Crippen LogP contribution in [-0.2, 0) is 11.2 Å². The van der Waals surface area contributed by atoms with Crippen molar-refractivity contribution in [3.63, 3.8) is 0 Å². The molecular weight excluding hydrogens is 414 g/mol. The number of nitrogens with zero attached hydrogens (tertiary/aromatic N) is 3. The monoisotopic (exact) mass is 445 g/mol. The molecule has 4 rings (SSSR count). The molecule has 2 amide bonds. The summed E-state index contributed by atoms with van der Waals surface area (Å²) in [7, 11) is 0. The molecule has 2 heterocycles. The summed E-state index contributed by atoms with van der Waals surface area (Å²) in [5, 5.41) is 3.94. The second-order valence-corrected chi connectivity index (χ2v) is 8.79. The molecule has 0 radical (unpaired) electrons. The van der Waals surface area contributed by atoms with Crippen molar-refractivity contribution in [1.29, 1.82) is 0 Å². The van der Waals surface area contributed by atoms with Gasteiger partial charge in [0, 0.05) is 26.2 Å². The van der Waals surface area contributed by atoms with Gasteiger partial charge < -0.3 is 14.3 Å². The van der Waals surface area contributed by atoms with E-state index < -0.39 is 0 Å². The number of hydrogen-bond acceptors (Lipinski definition) is 4. The summed E-state index contributed by atoms with van der Waals surface area (Å²) < 4.78 is 5.22. The van der Waals surface area contributed by atoms with Gasteiger partial charge in [0.1, 0.15) is 11.3 Å². The number of likely N-dealkylation sites (N-methyl/N-ethyl adjacent to an activating group) is 1. The fourth-order valence-corrected chi connectivity index (χ4v) is 4.62. The van der Waals surface area contributed by atoms with Crippen molar-refractivity contribution >= 4 is 11.8 Å². The predicted molar refractivity (Wildman–Crippen MR) is 128 cm³/mol. The van der Waals surface area contributed by atoms with E-state index in [9.17, 15) is 9.59 Å². The summed E-state index contributed by atoms with van der Waals surface area (Å²) in [6.45, 7) is 9.62. The molecule has 0 bridgehead atoms. The molecule has 1 saturated heterocycles. The Morgan fingerprint density at radius 3 is 2.45 bits per heavy atom. The molecule has 3 aromatic rings. The highest BCUT2D eigenvalue weighted by Gasteiger charge is 2.34. The molecule has 0 N–H and O–H groups in total. The van der Waals surface area contributed by atoms with Crippen LogP contribution in [-0.4, -0.2) is 52.9 Å². The van der Waals surface area contributed by atoms with E-state index in [2.05, 4.69) is 48.5 Å². The van der Waals surface area contributed by atoms with Crippen molar-refractivity contribution in [2.24, 2.45) is 5.92 Å². The van der Waals surface area contributed by atoms with Gasteiger partial charge in [-0.25, -0.2) is 0 Å². The van der Waals surface area contributed by atoms with Crippen molar-refractivity contribution in [2.75, 3.05) is 26.2 Å². The third-order valence-electron chi connectivity index (χ3n) is 6.50. The largest absolute Gasteiger partial charge is 0.361 e. The van der Waals surface area contributed by atoms with Gasteiger partial charge in [0.25, 0.3) is 5.91 Å². The van der Waals surface area contributed by atoms with Gasteiger partial charge in [-0.3, -0.25) is 9.59 Å². The van der Waals surface area contributed by atoms with Crippen LogP contribution >= 0.6 is 0 Å². The van der Waals surface area contributed by atoms with Gasteiger partial charge in [-0.2, -0.15) is 0 Å². The summed E-state index contributed by atoms with van der Waals surface area (Å²) >= 11 is 0. The van der Waals surface area contributed by atoms with Gasteiger partial charge in [-0.15, -0.1) is 0 Å². The first kappa shape index (κ1) is 22.8. The van der Waals surface area contributed by atoms with Gasteiger partial charge in [-0.1, -0.05) is 59.3 Å². The first-order valence-electron chi connectivity index (χ1n) is 11.5. The summed E-state index contributed by atoms with van der Waals surface area (Å²) in [6, 6.07) is 16.7. The smallest absolute Gasteiger partial charge is 0.259 e. The molecule has 1 aromatic heterocycles. The fourth-order valence-electron chi connectivity index (χ4n) is 4.62. The maximum absolute atomic E-state index is 13.4. The normalized spacial score (nSPS) is 16.7. The quantitative estimate of drug-likeness (QED) is 0.583. The van der Waals surface area contributed by atoms with E-state index in [0.717, 1.165) is 16.7 Å². The highest BCUT2D eigenvalue weighted by Crippen LogP contribution is 2.28. The zero-order valence-corrected chi connectivity index (χ0v) is 19.8. The fraction of sp³-hybridized carbons (Fsp3) is 0.370. The average Bonchev–Trinajstić information content (AvgIpc) is 3.06. The lowest BCUT2D eigenvalue weighted by Crippen LogP contribution is -2.38.